The first kappa shape index (κ1) is 78.2. The van der Waals surface area contributed by atoms with Gasteiger partial charge in [0.25, 0.3) is 0 Å². The Balaban J connectivity index is 0.000000178. The second kappa shape index (κ2) is 32.2. The third-order valence-corrected chi connectivity index (χ3v) is 20.7. The van der Waals surface area contributed by atoms with Gasteiger partial charge in [0.05, 0.1) is 90.1 Å². The van der Waals surface area contributed by atoms with Gasteiger partial charge in [-0.1, -0.05) is 121 Å². The molecule has 0 saturated heterocycles. The van der Waals surface area contributed by atoms with Crippen LogP contribution in [0.25, 0.3) is 182 Å². The molecule has 0 unspecified atom stereocenters. The van der Waals surface area contributed by atoms with Crippen molar-refractivity contribution in [2.45, 2.75) is 0 Å². The molecule has 4 aliphatic rings. The maximum absolute atomic E-state index is 11.8. The van der Waals surface area contributed by atoms with Gasteiger partial charge >= 0.3 is 67.2 Å². The van der Waals surface area contributed by atoms with Gasteiger partial charge in [-0.05, 0) is 237 Å². The van der Waals surface area contributed by atoms with E-state index in [9.17, 15) is 79.2 Å². The number of rotatable bonds is 16. The molecule has 25 heteroatoms. The minimum absolute atomic E-state index is 0. The van der Waals surface area contributed by atoms with Crippen LogP contribution < -0.4 is 9.97 Å². The molecule has 0 aliphatic carbocycles. The summed E-state index contributed by atoms with van der Waals surface area (Å²) in [5.41, 5.74) is 20.2. The number of hydrogen-bond donors (Lipinski definition) is 10. The van der Waals surface area contributed by atoms with E-state index in [1.807, 2.05) is 97.1 Å². The summed E-state index contributed by atoms with van der Waals surface area (Å²) in [6.45, 7) is 0. The van der Waals surface area contributed by atoms with Crippen LogP contribution in [0.1, 0.15) is 128 Å². The Morgan fingerprint density at radius 2 is 0.322 bits per heavy atom. The number of hydrogen-bond acceptors (Lipinski definition) is 12. The quantitative estimate of drug-likeness (QED) is 0.0402. The smallest absolute Gasteiger partial charge is 0.657 e. The molecule has 4 aliphatic heterocycles. The van der Waals surface area contributed by atoms with Crippen LogP contribution in [-0.2, 0) is 19.5 Å². The van der Waals surface area contributed by atoms with E-state index in [0.29, 0.717) is 179 Å². The summed E-state index contributed by atoms with van der Waals surface area (Å²) in [6, 6.07) is 66.5. The van der Waals surface area contributed by atoms with E-state index in [-0.39, 0.29) is 64.0 Å². The molecule has 14 aromatic rings. The van der Waals surface area contributed by atoms with Crippen molar-refractivity contribution in [3.63, 3.8) is 0 Å². The predicted molar refractivity (Wildman–Crippen MR) is 455 cm³/mol. The number of nitrogens with zero attached hydrogens (tertiary/aromatic N) is 6. The molecule has 121 heavy (non-hydrogen) atoms. The number of aromatic amines is 2. The summed E-state index contributed by atoms with van der Waals surface area (Å²) in [6.07, 6.45) is 14.8. The summed E-state index contributed by atoms with van der Waals surface area (Å²) < 4.78 is 0. The Labute approximate surface area is 696 Å². The van der Waals surface area contributed by atoms with Crippen LogP contribution in [-0.4, -0.2) is 119 Å². The minimum atomic E-state index is -1.07. The van der Waals surface area contributed by atoms with E-state index >= 15 is 0 Å². The molecule has 0 saturated carbocycles. The SMILES string of the molecule is O=C(O)c1ccc(-c2c3nc(c(-c4ccc(C(=O)O)cc4)c4ccc([n-]4)c(-c4ccc(C(=O)O)cc4)c4nc(c(-c5ccc(C(=O)O)cc5)c5ccc2[n-]5)C=C4)C=C3)cc1.O=C(O)c1ccc(-c2c3nc(c(-c4ccc(C(=O)O)cc4)c4ccc([nH]4)c(-c4ccc(C(=O)O)cc4)c4nc(c(-c5ccc(C(=O)O)cc5)c5ccc2[nH]5)C=C4)C=C3)cc1.[Zn+2]. The Kier molecular flexibility index (Phi) is 20.8. The van der Waals surface area contributed by atoms with E-state index in [0.717, 1.165) is 0 Å². The maximum atomic E-state index is 11.8. The molecular weight excluding hydrogens is 1590 g/mol. The van der Waals surface area contributed by atoms with Crippen LogP contribution in [0.2, 0.25) is 0 Å². The first-order valence-corrected chi connectivity index (χ1v) is 37.0. The van der Waals surface area contributed by atoms with Crippen LogP contribution in [0.4, 0.5) is 0 Å². The third-order valence-electron chi connectivity index (χ3n) is 20.7. The first-order chi connectivity index (χ1) is 58.0. The average molecular weight is 1640 g/mol. The van der Waals surface area contributed by atoms with E-state index in [2.05, 4.69) is 9.97 Å². The Hall–Kier alpha value is -16.7. The van der Waals surface area contributed by atoms with Crippen molar-refractivity contribution in [3.8, 4) is 89.0 Å². The van der Waals surface area contributed by atoms with E-state index in [1.165, 1.54) is 97.1 Å². The molecule has 8 aromatic carbocycles. The van der Waals surface area contributed by atoms with E-state index < -0.39 is 47.8 Å². The van der Waals surface area contributed by atoms with Crippen LogP contribution in [0.5, 0.6) is 0 Å². The normalized spacial score (nSPS) is 11.6. The zero-order valence-corrected chi connectivity index (χ0v) is 65.9. The number of H-pyrrole nitrogens is 2. The van der Waals surface area contributed by atoms with Gasteiger partial charge in [0.2, 0.25) is 0 Å². The van der Waals surface area contributed by atoms with Gasteiger partial charge in [0, 0.05) is 44.3 Å². The Morgan fingerprint density at radius 1 is 0.190 bits per heavy atom. The fourth-order valence-corrected chi connectivity index (χ4v) is 14.9. The number of carboxylic acid groups (broad SMARTS) is 8. The van der Waals surface area contributed by atoms with E-state index in [4.69, 9.17) is 29.9 Å². The largest absolute Gasteiger partial charge is 2.00 e. The molecule has 24 nitrogen and oxygen atoms in total. The number of carbonyl (C=O) groups is 8. The summed E-state index contributed by atoms with van der Waals surface area (Å²) in [4.78, 5) is 133. The van der Waals surface area contributed by atoms with E-state index in [1.54, 1.807) is 97.1 Å². The molecule has 6 aromatic heterocycles. The molecule has 0 radical (unpaired) electrons. The topological polar surface area (TPSA) is 410 Å². The first-order valence-electron chi connectivity index (χ1n) is 37.0. The van der Waals surface area contributed by atoms with Gasteiger partial charge in [0.1, 0.15) is 0 Å². The maximum Gasteiger partial charge on any atom is 2.00 e. The molecular formula is C96H58N8O16Zn. The zero-order chi connectivity index (χ0) is 83.3. The molecule has 16 bridgehead atoms. The fourth-order valence-electron chi connectivity index (χ4n) is 14.9. The van der Waals surface area contributed by atoms with Crippen molar-refractivity contribution in [2.24, 2.45) is 0 Å². The van der Waals surface area contributed by atoms with Gasteiger partial charge in [-0.2, -0.15) is 0 Å². The molecule has 0 fully saturated rings. The van der Waals surface area contributed by atoms with Gasteiger partial charge in [0.15, 0.2) is 0 Å². The number of carboxylic acids is 8. The van der Waals surface area contributed by atoms with Gasteiger partial charge in [-0.3, -0.25) is 0 Å². The second-order valence-corrected chi connectivity index (χ2v) is 27.9. The number of aromatic nitrogens is 8. The van der Waals surface area contributed by atoms with Crippen molar-refractivity contribution < 1.29 is 98.7 Å². The third kappa shape index (κ3) is 15.3. The number of benzene rings is 8. The summed E-state index contributed by atoms with van der Waals surface area (Å²) >= 11 is 0. The second-order valence-electron chi connectivity index (χ2n) is 27.9. The molecule has 580 valence electrons. The Morgan fingerprint density at radius 3 is 0.463 bits per heavy atom. The van der Waals surface area contributed by atoms with Crippen molar-refractivity contribution in [3.05, 3.63) is 333 Å². The van der Waals surface area contributed by atoms with Gasteiger partial charge in [-0.15, -0.1) is 22.1 Å². The zero-order valence-electron chi connectivity index (χ0n) is 62.9. The summed E-state index contributed by atoms with van der Waals surface area (Å²) in [5, 5.41) is 77.4. The standard InChI is InChI=1S/2C48H30N4O8.Zn/c2*53-45(54)29-9-1-25(2-10-29)41-33-17-19-35(49-33)42(26-3-11-30(12-4-26)46(55)56)37-21-23-39(51-37)44(28-7-15-32(16-8-28)48(59)60)40-24-22-38(52-40)43(36-20-18-34(41)50-36)27-5-13-31(14-6-27)47(57)58;/h1-24H,(H6,49,50,51,52,53,54,55,56,57,58,59,60);1-24,49,52H,(H,53,54)(H,55,56)(H,57,58)(H,59,60);/q;;+2/p-2. The fraction of sp³-hybridized carbons (Fsp3) is 0. The van der Waals surface area contributed by atoms with Gasteiger partial charge < -0.3 is 60.8 Å². The number of nitrogens with one attached hydrogen (secondary N) is 2. The summed E-state index contributed by atoms with van der Waals surface area (Å²) in [7, 11) is 0. The monoisotopic (exact) mass is 1640 g/mol. The van der Waals surface area contributed by atoms with Crippen molar-refractivity contribution in [2.75, 3.05) is 0 Å². The molecule has 18 rings (SSSR count). The Bertz CT molecular complexity index is 5950. The van der Waals surface area contributed by atoms with Crippen LogP contribution in [0, 0.1) is 0 Å². The average Bonchev–Trinajstić information content (AvgIpc) is 1.62. The van der Waals surface area contributed by atoms with Crippen molar-refractivity contribution in [1.82, 2.24) is 39.9 Å². The number of fused-ring (bicyclic) bond motifs is 16. The van der Waals surface area contributed by atoms with Crippen LogP contribution in [0.3, 0.4) is 0 Å². The van der Waals surface area contributed by atoms with Crippen molar-refractivity contribution >= 4 is 140 Å². The molecule has 0 atom stereocenters. The molecule has 0 spiro atoms. The minimum Gasteiger partial charge on any atom is -0.657 e. The van der Waals surface area contributed by atoms with Crippen molar-refractivity contribution in [1.29, 1.82) is 0 Å². The van der Waals surface area contributed by atoms with Crippen LogP contribution in [0.15, 0.2) is 243 Å². The van der Waals surface area contributed by atoms with Crippen LogP contribution >= 0.6 is 0 Å². The predicted octanol–water partition coefficient (Wildman–Crippen LogP) is 19.5. The summed E-state index contributed by atoms with van der Waals surface area (Å²) in [5.74, 6) is -8.55. The molecule has 0 amide bonds. The molecule has 10 N–H and O–H groups in total. The molecule has 10 heterocycles. The van der Waals surface area contributed by atoms with Gasteiger partial charge in [-0.25, -0.2) is 58.3 Å². The number of aromatic carboxylic acids is 8.